The van der Waals surface area contributed by atoms with E-state index in [1.165, 1.54) is 5.56 Å². The summed E-state index contributed by atoms with van der Waals surface area (Å²) >= 11 is 0. The minimum absolute atomic E-state index is 0.615. The van der Waals surface area contributed by atoms with Crippen molar-refractivity contribution >= 4 is 28.6 Å². The van der Waals surface area contributed by atoms with Gasteiger partial charge in [-0.25, -0.2) is 9.97 Å². The van der Waals surface area contributed by atoms with Crippen LogP contribution in [-0.2, 0) is 0 Å². The Morgan fingerprint density at radius 1 is 0.962 bits per heavy atom. The van der Waals surface area contributed by atoms with E-state index < -0.39 is 0 Å². The van der Waals surface area contributed by atoms with Gasteiger partial charge in [-0.3, -0.25) is 0 Å². The number of hydrogen-bond donors (Lipinski definition) is 1. The van der Waals surface area contributed by atoms with Crippen molar-refractivity contribution < 1.29 is 0 Å². The molecule has 7 heteroatoms. The summed E-state index contributed by atoms with van der Waals surface area (Å²) in [6.45, 7) is 7.98. The molecule has 1 aliphatic heterocycles. The summed E-state index contributed by atoms with van der Waals surface area (Å²) in [5.41, 5.74) is 4.68. The summed E-state index contributed by atoms with van der Waals surface area (Å²) in [7, 11) is 2.14. The number of likely N-dealkylation sites (N-methyl/N-ethyl adjacent to an activating group) is 1. The summed E-state index contributed by atoms with van der Waals surface area (Å²) in [6, 6.07) is 6.33. The highest BCUT2D eigenvalue weighted by Gasteiger charge is 2.19. The zero-order chi connectivity index (χ0) is 18.1. The second kappa shape index (κ2) is 6.84. The van der Waals surface area contributed by atoms with Gasteiger partial charge < -0.3 is 15.1 Å². The van der Waals surface area contributed by atoms with Crippen LogP contribution in [0, 0.1) is 13.8 Å². The Kier molecular flexibility index (Phi) is 4.38. The number of nitrogens with one attached hydrogen (secondary N) is 1. The van der Waals surface area contributed by atoms with Crippen LogP contribution in [0.25, 0.3) is 11.2 Å². The fourth-order valence-electron chi connectivity index (χ4n) is 3.09. The summed E-state index contributed by atoms with van der Waals surface area (Å²) in [4.78, 5) is 22.8. The van der Waals surface area contributed by atoms with E-state index in [9.17, 15) is 0 Å². The van der Waals surface area contributed by atoms with Gasteiger partial charge in [0.1, 0.15) is 0 Å². The van der Waals surface area contributed by atoms with Crippen LogP contribution in [0.4, 0.5) is 17.5 Å². The molecule has 1 fully saturated rings. The van der Waals surface area contributed by atoms with Gasteiger partial charge in [0.05, 0.1) is 0 Å². The second-order valence-electron chi connectivity index (χ2n) is 6.83. The molecule has 0 atom stereocenters. The third-order valence-electron chi connectivity index (χ3n) is 4.75. The number of rotatable bonds is 3. The van der Waals surface area contributed by atoms with Crippen LogP contribution in [0.3, 0.4) is 0 Å². The summed E-state index contributed by atoms with van der Waals surface area (Å²) in [5, 5.41) is 3.45. The first-order valence-electron chi connectivity index (χ1n) is 8.87. The van der Waals surface area contributed by atoms with Gasteiger partial charge in [0.25, 0.3) is 0 Å². The van der Waals surface area contributed by atoms with Crippen molar-refractivity contribution in [1.29, 1.82) is 0 Å². The number of nitrogens with zero attached hydrogens (tertiary/aromatic N) is 6. The molecule has 1 saturated heterocycles. The van der Waals surface area contributed by atoms with Crippen molar-refractivity contribution in [3.8, 4) is 0 Å². The summed E-state index contributed by atoms with van der Waals surface area (Å²) in [5.74, 6) is 1.41. The maximum Gasteiger partial charge on any atom is 0.229 e. The van der Waals surface area contributed by atoms with Gasteiger partial charge in [0, 0.05) is 44.3 Å². The van der Waals surface area contributed by atoms with Crippen LogP contribution in [0.2, 0.25) is 0 Å². The number of hydrogen-bond acceptors (Lipinski definition) is 7. The monoisotopic (exact) mass is 349 g/mol. The summed E-state index contributed by atoms with van der Waals surface area (Å²) in [6.07, 6.45) is 3.35. The molecule has 0 saturated carbocycles. The molecule has 1 aromatic carbocycles. The molecule has 1 aliphatic rings. The molecule has 0 aliphatic carbocycles. The molecule has 1 N–H and O–H groups in total. The van der Waals surface area contributed by atoms with Gasteiger partial charge in [-0.05, 0) is 38.1 Å². The lowest BCUT2D eigenvalue weighted by Crippen LogP contribution is -2.45. The third-order valence-corrected chi connectivity index (χ3v) is 4.75. The highest BCUT2D eigenvalue weighted by molar-refractivity contribution is 5.86. The predicted octanol–water partition coefficient (Wildman–Crippen LogP) is 2.53. The van der Waals surface area contributed by atoms with Crippen LogP contribution in [0.15, 0.2) is 30.6 Å². The van der Waals surface area contributed by atoms with Crippen LogP contribution in [0.5, 0.6) is 0 Å². The third kappa shape index (κ3) is 3.30. The van der Waals surface area contributed by atoms with Gasteiger partial charge in [-0.2, -0.15) is 9.97 Å². The molecule has 26 heavy (non-hydrogen) atoms. The Hall–Kier alpha value is -2.80. The van der Waals surface area contributed by atoms with Crippen LogP contribution in [0.1, 0.15) is 11.1 Å². The smallest absolute Gasteiger partial charge is 0.229 e. The maximum atomic E-state index is 4.80. The van der Waals surface area contributed by atoms with E-state index in [1.807, 2.05) is 0 Å². The lowest BCUT2D eigenvalue weighted by molar-refractivity contribution is 0.311. The zero-order valence-electron chi connectivity index (χ0n) is 15.4. The molecular weight excluding hydrogens is 326 g/mol. The Morgan fingerprint density at radius 2 is 1.73 bits per heavy atom. The average molecular weight is 349 g/mol. The molecule has 7 nitrogen and oxygen atoms in total. The highest BCUT2D eigenvalue weighted by atomic mass is 15.3. The van der Waals surface area contributed by atoms with Gasteiger partial charge in [-0.1, -0.05) is 12.1 Å². The van der Waals surface area contributed by atoms with E-state index in [-0.39, 0.29) is 0 Å². The summed E-state index contributed by atoms with van der Waals surface area (Å²) < 4.78 is 0. The Balaban J connectivity index is 1.76. The zero-order valence-corrected chi connectivity index (χ0v) is 15.4. The van der Waals surface area contributed by atoms with Gasteiger partial charge >= 0.3 is 0 Å². The quantitative estimate of drug-likeness (QED) is 0.779. The van der Waals surface area contributed by atoms with E-state index >= 15 is 0 Å². The first-order valence-corrected chi connectivity index (χ1v) is 8.87. The molecule has 3 aromatic rings. The van der Waals surface area contributed by atoms with Crippen molar-refractivity contribution in [3.05, 3.63) is 41.7 Å². The molecular formula is C19H23N7. The lowest BCUT2D eigenvalue weighted by Gasteiger charge is -2.32. The Bertz CT molecular complexity index is 932. The lowest BCUT2D eigenvalue weighted by atomic mass is 10.1. The Morgan fingerprint density at radius 3 is 2.54 bits per heavy atom. The predicted molar refractivity (Wildman–Crippen MR) is 104 cm³/mol. The molecule has 0 amide bonds. The normalized spacial score (nSPS) is 15.4. The van der Waals surface area contributed by atoms with E-state index in [1.54, 1.807) is 12.4 Å². The van der Waals surface area contributed by atoms with Crippen molar-refractivity contribution in [2.45, 2.75) is 13.8 Å². The van der Waals surface area contributed by atoms with Gasteiger partial charge in [0.15, 0.2) is 17.0 Å². The van der Waals surface area contributed by atoms with E-state index in [0.29, 0.717) is 22.9 Å². The van der Waals surface area contributed by atoms with Gasteiger partial charge in [0.2, 0.25) is 5.95 Å². The molecule has 4 rings (SSSR count). The van der Waals surface area contributed by atoms with Crippen LogP contribution >= 0.6 is 0 Å². The number of benzene rings is 1. The second-order valence-corrected chi connectivity index (χ2v) is 6.83. The largest absolute Gasteiger partial charge is 0.338 e. The topological polar surface area (TPSA) is 70.1 Å². The minimum Gasteiger partial charge on any atom is -0.338 e. The molecule has 0 radical (unpaired) electrons. The van der Waals surface area contributed by atoms with E-state index in [4.69, 9.17) is 4.98 Å². The minimum atomic E-state index is 0.615. The SMILES string of the molecule is Cc1ccc(C)c(Nc2nc(N3CCN(C)CC3)nc3nccnc23)c1. The number of anilines is 3. The van der Waals surface area contributed by atoms with Crippen LogP contribution < -0.4 is 10.2 Å². The number of piperazine rings is 1. The number of fused-ring (bicyclic) bond motifs is 1. The first kappa shape index (κ1) is 16.7. The first-order chi connectivity index (χ1) is 12.6. The fourth-order valence-corrected chi connectivity index (χ4v) is 3.09. The van der Waals surface area contributed by atoms with Crippen molar-refractivity contribution in [1.82, 2.24) is 24.8 Å². The van der Waals surface area contributed by atoms with E-state index in [2.05, 4.69) is 69.2 Å². The highest BCUT2D eigenvalue weighted by Crippen LogP contribution is 2.26. The molecule has 2 aromatic heterocycles. The average Bonchev–Trinajstić information content (AvgIpc) is 2.65. The Labute approximate surface area is 153 Å². The number of aromatic nitrogens is 4. The molecule has 134 valence electrons. The molecule has 0 spiro atoms. The number of aryl methyl sites for hydroxylation is 2. The van der Waals surface area contributed by atoms with Crippen molar-refractivity contribution in [3.63, 3.8) is 0 Å². The van der Waals surface area contributed by atoms with Crippen molar-refractivity contribution in [2.75, 3.05) is 43.4 Å². The van der Waals surface area contributed by atoms with Gasteiger partial charge in [-0.15, -0.1) is 0 Å². The molecule has 3 heterocycles. The molecule has 0 bridgehead atoms. The van der Waals surface area contributed by atoms with Crippen molar-refractivity contribution in [2.24, 2.45) is 0 Å². The molecule has 0 unspecified atom stereocenters. The van der Waals surface area contributed by atoms with E-state index in [0.717, 1.165) is 37.4 Å². The fraction of sp³-hybridized carbons (Fsp3) is 0.368. The standard InChI is InChI=1S/C19H23N7/c1-13-4-5-14(2)15(12-13)22-18-16-17(21-7-6-20-16)23-19(24-18)26-10-8-25(3)9-11-26/h4-7,12H,8-11H2,1-3H3,(H,21,22,23,24). The van der Waals surface area contributed by atoms with Crippen LogP contribution in [-0.4, -0.2) is 58.1 Å². The maximum absolute atomic E-state index is 4.80.